The van der Waals surface area contributed by atoms with Gasteiger partial charge in [-0.15, -0.1) is 0 Å². The van der Waals surface area contributed by atoms with Crippen LogP contribution in [-0.4, -0.2) is 33.3 Å². The summed E-state index contributed by atoms with van der Waals surface area (Å²) >= 11 is 3.35. The zero-order valence-corrected chi connectivity index (χ0v) is 11.8. The van der Waals surface area contributed by atoms with E-state index in [2.05, 4.69) is 26.3 Å². The number of rotatable bonds is 5. The Bertz CT molecular complexity index is 538. The summed E-state index contributed by atoms with van der Waals surface area (Å²) < 4.78 is 2.79. The quantitative estimate of drug-likeness (QED) is 0.844. The number of carbonyl (C=O) groups excluding carboxylic acids is 1. The Balaban J connectivity index is 1.56. The summed E-state index contributed by atoms with van der Waals surface area (Å²) in [5.41, 5.74) is -0.116. The van der Waals surface area contributed by atoms with E-state index in [0.717, 1.165) is 17.3 Å². The molecule has 2 saturated carbocycles. The molecule has 102 valence electrons. The molecule has 1 aromatic heterocycles. The fourth-order valence-corrected chi connectivity index (χ4v) is 2.62. The minimum atomic E-state index is -0.878. The van der Waals surface area contributed by atoms with Crippen molar-refractivity contribution < 1.29 is 14.7 Å². The maximum atomic E-state index is 11.8. The highest BCUT2D eigenvalue weighted by molar-refractivity contribution is 9.10. The molecule has 0 aromatic carbocycles. The molecule has 2 N–H and O–H groups in total. The van der Waals surface area contributed by atoms with Crippen molar-refractivity contribution in [1.82, 2.24) is 15.1 Å². The number of hydrogen-bond acceptors (Lipinski definition) is 3. The average Bonchev–Trinajstić information content (AvgIpc) is 3.26. The molecule has 1 aromatic rings. The van der Waals surface area contributed by atoms with Crippen LogP contribution in [0.1, 0.15) is 19.3 Å². The van der Waals surface area contributed by atoms with Gasteiger partial charge in [-0.2, -0.15) is 5.10 Å². The fourth-order valence-electron chi connectivity index (χ4n) is 2.33. The molecular formula is C12H14BrN3O3. The monoisotopic (exact) mass is 327 g/mol. The molecule has 0 aliphatic heterocycles. The summed E-state index contributed by atoms with van der Waals surface area (Å²) in [5, 5.41) is 15.9. The van der Waals surface area contributed by atoms with Gasteiger partial charge in [0.25, 0.3) is 0 Å². The summed E-state index contributed by atoms with van der Waals surface area (Å²) in [5.74, 6) is -1.87. The van der Waals surface area contributed by atoms with E-state index >= 15 is 0 Å². The Kier molecular flexibility index (Phi) is 2.88. The number of nitrogens with zero attached hydrogens (tertiary/aromatic N) is 2. The molecule has 0 unspecified atom stereocenters. The van der Waals surface area contributed by atoms with Crippen LogP contribution in [0.3, 0.4) is 0 Å². The highest BCUT2D eigenvalue weighted by Gasteiger charge is 2.50. The first-order valence-corrected chi connectivity index (χ1v) is 7.02. The lowest BCUT2D eigenvalue weighted by Crippen LogP contribution is -2.37. The molecule has 19 heavy (non-hydrogen) atoms. The number of carboxylic acid groups (broad SMARTS) is 1. The number of amides is 1. The van der Waals surface area contributed by atoms with E-state index in [0.29, 0.717) is 13.0 Å². The van der Waals surface area contributed by atoms with Crippen LogP contribution in [0.15, 0.2) is 16.9 Å². The van der Waals surface area contributed by atoms with Crippen LogP contribution in [0.25, 0.3) is 0 Å². The van der Waals surface area contributed by atoms with E-state index < -0.39 is 11.9 Å². The van der Waals surface area contributed by atoms with Gasteiger partial charge in [0.2, 0.25) is 5.91 Å². The Hall–Kier alpha value is -1.37. The molecule has 0 radical (unpaired) electrons. The second-order valence-corrected chi connectivity index (χ2v) is 6.25. The van der Waals surface area contributed by atoms with Crippen molar-refractivity contribution >= 4 is 27.8 Å². The van der Waals surface area contributed by atoms with Crippen LogP contribution in [0.5, 0.6) is 0 Å². The van der Waals surface area contributed by atoms with Gasteiger partial charge in [0.05, 0.1) is 28.0 Å². The Labute approximate surface area is 118 Å². The van der Waals surface area contributed by atoms with Gasteiger partial charge in [-0.3, -0.25) is 14.3 Å². The van der Waals surface area contributed by atoms with E-state index in [4.69, 9.17) is 5.11 Å². The summed E-state index contributed by atoms with van der Waals surface area (Å²) in [4.78, 5) is 22.5. The van der Waals surface area contributed by atoms with E-state index in [1.165, 1.54) is 0 Å². The highest BCUT2D eigenvalue weighted by atomic mass is 79.9. The molecule has 2 atom stereocenters. The predicted molar refractivity (Wildman–Crippen MR) is 69.4 cm³/mol. The van der Waals surface area contributed by atoms with Crippen molar-refractivity contribution in [2.75, 3.05) is 6.54 Å². The maximum absolute atomic E-state index is 11.8. The Morgan fingerprint density at radius 3 is 2.74 bits per heavy atom. The van der Waals surface area contributed by atoms with Crippen molar-refractivity contribution in [3.8, 4) is 0 Å². The smallest absolute Gasteiger partial charge is 0.307 e. The zero-order chi connectivity index (χ0) is 13.6. The van der Waals surface area contributed by atoms with E-state index in [1.54, 1.807) is 6.20 Å². The number of nitrogens with one attached hydrogen (secondary N) is 1. The van der Waals surface area contributed by atoms with Crippen molar-refractivity contribution in [1.29, 1.82) is 0 Å². The molecule has 2 fully saturated rings. The van der Waals surface area contributed by atoms with E-state index in [1.807, 2.05) is 10.9 Å². The molecule has 0 bridgehead atoms. The standard InChI is InChI=1S/C12H14BrN3O3/c13-7-4-15-16(5-7)12(1-2-12)6-14-10(17)8-3-9(8)11(18)19/h4-5,8-9H,1-3,6H2,(H,14,17)(H,18,19)/t8-,9+/m0/s1. The van der Waals surface area contributed by atoms with Gasteiger partial charge in [-0.25, -0.2) is 0 Å². The highest BCUT2D eigenvalue weighted by Crippen LogP contribution is 2.43. The number of carboxylic acids is 1. The van der Waals surface area contributed by atoms with Gasteiger partial charge >= 0.3 is 5.97 Å². The van der Waals surface area contributed by atoms with Crippen molar-refractivity contribution in [3.05, 3.63) is 16.9 Å². The van der Waals surface area contributed by atoms with Crippen LogP contribution in [0, 0.1) is 11.8 Å². The molecule has 7 heteroatoms. The third-order valence-corrected chi connectivity index (χ3v) is 4.31. The van der Waals surface area contributed by atoms with E-state index in [9.17, 15) is 9.59 Å². The minimum absolute atomic E-state index is 0.116. The molecule has 0 saturated heterocycles. The molecule has 3 rings (SSSR count). The summed E-state index contributed by atoms with van der Waals surface area (Å²) in [7, 11) is 0. The van der Waals surface area contributed by atoms with Gasteiger partial charge in [-0.05, 0) is 35.2 Å². The van der Waals surface area contributed by atoms with Gasteiger partial charge in [0.1, 0.15) is 0 Å². The summed E-state index contributed by atoms with van der Waals surface area (Å²) in [6.07, 6.45) is 6.05. The largest absolute Gasteiger partial charge is 0.481 e. The first kappa shape index (κ1) is 12.7. The van der Waals surface area contributed by atoms with Gasteiger partial charge in [-0.1, -0.05) is 0 Å². The van der Waals surface area contributed by atoms with Crippen LogP contribution in [0.2, 0.25) is 0 Å². The molecule has 0 spiro atoms. The third-order valence-electron chi connectivity index (χ3n) is 3.90. The number of aliphatic carboxylic acids is 1. The topological polar surface area (TPSA) is 84.2 Å². The lowest BCUT2D eigenvalue weighted by atomic mass is 10.2. The molecule has 2 aliphatic rings. The first-order valence-electron chi connectivity index (χ1n) is 6.23. The lowest BCUT2D eigenvalue weighted by Gasteiger charge is -2.16. The first-order chi connectivity index (χ1) is 9.02. The lowest BCUT2D eigenvalue weighted by molar-refractivity contribution is -0.140. The third kappa shape index (κ3) is 2.39. The summed E-state index contributed by atoms with van der Waals surface area (Å²) in [6, 6.07) is 0. The number of halogens is 1. The number of aromatic nitrogens is 2. The Morgan fingerprint density at radius 1 is 1.53 bits per heavy atom. The summed E-state index contributed by atoms with van der Waals surface area (Å²) in [6.45, 7) is 0.517. The van der Waals surface area contributed by atoms with Crippen LogP contribution in [0.4, 0.5) is 0 Å². The van der Waals surface area contributed by atoms with E-state index in [-0.39, 0.29) is 17.4 Å². The molecule has 1 heterocycles. The van der Waals surface area contributed by atoms with Crippen molar-refractivity contribution in [2.45, 2.75) is 24.8 Å². The van der Waals surface area contributed by atoms with Crippen molar-refractivity contribution in [3.63, 3.8) is 0 Å². The Morgan fingerprint density at radius 2 is 2.26 bits per heavy atom. The normalized spacial score (nSPS) is 26.8. The van der Waals surface area contributed by atoms with Gasteiger partial charge in [0.15, 0.2) is 0 Å². The van der Waals surface area contributed by atoms with Crippen LogP contribution < -0.4 is 5.32 Å². The van der Waals surface area contributed by atoms with Crippen molar-refractivity contribution in [2.24, 2.45) is 11.8 Å². The molecule has 2 aliphatic carbocycles. The SMILES string of the molecule is O=C(NCC1(n2cc(Br)cn2)CC1)[C@H]1C[C@H]1C(=O)O. The van der Waals surface area contributed by atoms with Gasteiger partial charge in [0, 0.05) is 12.7 Å². The maximum Gasteiger partial charge on any atom is 0.307 e. The minimum Gasteiger partial charge on any atom is -0.481 e. The fraction of sp³-hybridized carbons (Fsp3) is 0.583. The second-order valence-electron chi connectivity index (χ2n) is 5.33. The zero-order valence-electron chi connectivity index (χ0n) is 10.2. The molecule has 6 nitrogen and oxygen atoms in total. The van der Waals surface area contributed by atoms with Crippen LogP contribution in [-0.2, 0) is 15.1 Å². The van der Waals surface area contributed by atoms with Crippen LogP contribution >= 0.6 is 15.9 Å². The molecular weight excluding hydrogens is 314 g/mol. The van der Waals surface area contributed by atoms with Gasteiger partial charge < -0.3 is 10.4 Å². The number of carbonyl (C=O) groups is 2. The molecule has 1 amide bonds. The average molecular weight is 328 g/mol. The predicted octanol–water partition coefficient (Wildman–Crippen LogP) is 0.972. The second kappa shape index (κ2) is 4.33. The number of hydrogen-bond donors (Lipinski definition) is 2.